The van der Waals surface area contributed by atoms with Gasteiger partial charge in [-0.15, -0.1) is 0 Å². The van der Waals surface area contributed by atoms with Gasteiger partial charge in [-0.05, 0) is 24.5 Å². The zero-order valence-electron chi connectivity index (χ0n) is 12.8. The zero-order valence-corrected chi connectivity index (χ0v) is 12.8. The summed E-state index contributed by atoms with van der Waals surface area (Å²) in [6.07, 6.45) is -0.257. The van der Waals surface area contributed by atoms with E-state index in [1.54, 1.807) is 0 Å². The molecule has 0 spiro atoms. The summed E-state index contributed by atoms with van der Waals surface area (Å²) in [5.41, 5.74) is 2.10. The third-order valence-corrected chi connectivity index (χ3v) is 3.69. The normalized spacial score (nSPS) is 13.5. The maximum atomic E-state index is 11.8. The molecule has 0 unspecified atom stereocenters. The van der Waals surface area contributed by atoms with E-state index in [1.165, 1.54) is 6.92 Å². The highest BCUT2D eigenvalue weighted by Crippen LogP contribution is 2.15. The lowest BCUT2D eigenvalue weighted by Gasteiger charge is -2.20. The van der Waals surface area contributed by atoms with Crippen molar-refractivity contribution in [2.24, 2.45) is 5.92 Å². The van der Waals surface area contributed by atoms with Gasteiger partial charge in [0.05, 0.1) is 19.3 Å². The molecule has 0 fully saturated rings. The summed E-state index contributed by atoms with van der Waals surface area (Å²) >= 11 is 0. The Bertz CT molecular complexity index is 566. The number of ether oxygens (including phenoxy) is 1. The average Bonchev–Trinajstić information content (AvgIpc) is 2.54. The van der Waals surface area contributed by atoms with Crippen molar-refractivity contribution in [1.82, 2.24) is 0 Å². The number of Topliss-reactive ketones (excluding diaryl/α,β-unsaturated/α-hetero) is 1. The highest BCUT2D eigenvalue weighted by molar-refractivity contribution is 5.79. The topological polar surface area (TPSA) is 46.5 Å². The molecule has 2 aromatic carbocycles. The van der Waals surface area contributed by atoms with Gasteiger partial charge >= 0.3 is 0 Å². The molecular formula is C19H22O3. The van der Waals surface area contributed by atoms with Crippen molar-refractivity contribution in [3.8, 4) is 0 Å². The van der Waals surface area contributed by atoms with Crippen LogP contribution in [0.4, 0.5) is 0 Å². The zero-order chi connectivity index (χ0) is 15.8. The summed E-state index contributed by atoms with van der Waals surface area (Å²) in [6.45, 7) is 2.12. The van der Waals surface area contributed by atoms with Crippen LogP contribution >= 0.6 is 0 Å². The highest BCUT2D eigenvalue weighted by atomic mass is 16.5. The van der Waals surface area contributed by atoms with Crippen LogP contribution in [0.3, 0.4) is 0 Å². The molecule has 0 aliphatic rings. The van der Waals surface area contributed by atoms with Crippen LogP contribution in [0.15, 0.2) is 60.7 Å². The number of ketones is 1. The Balaban J connectivity index is 1.87. The lowest BCUT2D eigenvalue weighted by Crippen LogP contribution is -2.32. The molecule has 3 heteroatoms. The van der Waals surface area contributed by atoms with Crippen molar-refractivity contribution >= 4 is 5.78 Å². The third-order valence-electron chi connectivity index (χ3n) is 3.69. The Kier molecular flexibility index (Phi) is 6.31. The number of aliphatic hydroxyl groups is 1. The molecule has 0 aliphatic carbocycles. The van der Waals surface area contributed by atoms with Crippen LogP contribution in [0.2, 0.25) is 0 Å². The maximum absolute atomic E-state index is 11.8. The molecule has 116 valence electrons. The lowest BCUT2D eigenvalue weighted by atomic mass is 9.91. The summed E-state index contributed by atoms with van der Waals surface area (Å²) in [7, 11) is 0. The fourth-order valence-corrected chi connectivity index (χ4v) is 2.41. The van der Waals surface area contributed by atoms with Crippen LogP contribution in [0.5, 0.6) is 0 Å². The summed E-state index contributed by atoms with van der Waals surface area (Å²) in [5, 5.41) is 10.3. The Morgan fingerprint density at radius 1 is 1.00 bits per heavy atom. The van der Waals surface area contributed by atoms with E-state index in [9.17, 15) is 9.90 Å². The van der Waals surface area contributed by atoms with Crippen LogP contribution in [0.1, 0.15) is 18.1 Å². The SMILES string of the molecule is CC(=O)[C@H](Cc1ccccc1)[C@@H](O)COCc1ccccc1. The molecule has 22 heavy (non-hydrogen) atoms. The van der Waals surface area contributed by atoms with Crippen molar-refractivity contribution in [3.63, 3.8) is 0 Å². The number of rotatable bonds is 8. The molecule has 0 radical (unpaired) electrons. The number of hydrogen-bond donors (Lipinski definition) is 1. The van der Waals surface area contributed by atoms with Crippen LogP contribution in [0, 0.1) is 5.92 Å². The fraction of sp³-hybridized carbons (Fsp3) is 0.316. The number of benzene rings is 2. The van der Waals surface area contributed by atoms with E-state index in [-0.39, 0.29) is 12.4 Å². The molecule has 0 aliphatic heterocycles. The molecule has 2 rings (SSSR count). The standard InChI is InChI=1S/C19H22O3/c1-15(20)18(12-16-8-4-2-5-9-16)19(21)14-22-13-17-10-6-3-7-11-17/h2-11,18-19,21H,12-14H2,1H3/t18-,19-/m0/s1. The Morgan fingerprint density at radius 3 is 2.09 bits per heavy atom. The second-order valence-corrected chi connectivity index (χ2v) is 5.47. The van der Waals surface area contributed by atoms with Gasteiger partial charge in [0.15, 0.2) is 0 Å². The van der Waals surface area contributed by atoms with Gasteiger partial charge in [0.25, 0.3) is 0 Å². The number of carbonyl (C=O) groups excluding carboxylic acids is 1. The lowest BCUT2D eigenvalue weighted by molar-refractivity contribution is -0.126. The molecule has 2 atom stereocenters. The average molecular weight is 298 g/mol. The van der Waals surface area contributed by atoms with E-state index in [0.29, 0.717) is 13.0 Å². The molecule has 0 aromatic heterocycles. The van der Waals surface area contributed by atoms with E-state index in [2.05, 4.69) is 0 Å². The van der Waals surface area contributed by atoms with Gasteiger partial charge in [-0.3, -0.25) is 4.79 Å². The Hall–Kier alpha value is -1.97. The second-order valence-electron chi connectivity index (χ2n) is 5.47. The van der Waals surface area contributed by atoms with Gasteiger partial charge in [0.2, 0.25) is 0 Å². The fourth-order valence-electron chi connectivity index (χ4n) is 2.41. The van der Waals surface area contributed by atoms with E-state index in [1.807, 2.05) is 60.7 Å². The van der Waals surface area contributed by atoms with Crippen molar-refractivity contribution in [3.05, 3.63) is 71.8 Å². The predicted octanol–water partition coefficient (Wildman–Crippen LogP) is 3.01. The van der Waals surface area contributed by atoms with Gasteiger partial charge in [-0.1, -0.05) is 60.7 Å². The Labute approximate surface area is 131 Å². The number of carbonyl (C=O) groups is 1. The van der Waals surface area contributed by atoms with Gasteiger partial charge < -0.3 is 9.84 Å². The minimum Gasteiger partial charge on any atom is -0.390 e. The first-order valence-electron chi connectivity index (χ1n) is 7.51. The van der Waals surface area contributed by atoms with Crippen LogP contribution in [-0.2, 0) is 22.6 Å². The van der Waals surface area contributed by atoms with Gasteiger partial charge in [-0.2, -0.15) is 0 Å². The van der Waals surface area contributed by atoms with Gasteiger partial charge in [0, 0.05) is 5.92 Å². The minimum atomic E-state index is -0.790. The predicted molar refractivity (Wildman–Crippen MR) is 86.4 cm³/mol. The van der Waals surface area contributed by atoms with Crippen molar-refractivity contribution in [1.29, 1.82) is 0 Å². The van der Waals surface area contributed by atoms with E-state index < -0.39 is 12.0 Å². The van der Waals surface area contributed by atoms with Crippen LogP contribution < -0.4 is 0 Å². The third kappa shape index (κ3) is 5.10. The first kappa shape index (κ1) is 16.4. The molecule has 0 heterocycles. The summed E-state index contributed by atoms with van der Waals surface area (Å²) < 4.78 is 5.55. The first-order chi connectivity index (χ1) is 10.7. The molecule has 3 nitrogen and oxygen atoms in total. The van der Waals surface area contributed by atoms with Crippen molar-refractivity contribution in [2.75, 3.05) is 6.61 Å². The summed E-state index contributed by atoms with van der Waals surface area (Å²) in [4.78, 5) is 11.8. The van der Waals surface area contributed by atoms with Crippen molar-refractivity contribution < 1.29 is 14.6 Å². The van der Waals surface area contributed by atoms with Gasteiger partial charge in [-0.25, -0.2) is 0 Å². The van der Waals surface area contributed by atoms with E-state index in [0.717, 1.165) is 11.1 Å². The first-order valence-corrected chi connectivity index (χ1v) is 7.51. The largest absolute Gasteiger partial charge is 0.390 e. The molecule has 0 saturated heterocycles. The number of aliphatic hydroxyl groups excluding tert-OH is 1. The molecule has 2 aromatic rings. The molecule has 1 N–H and O–H groups in total. The maximum Gasteiger partial charge on any atom is 0.135 e. The number of hydrogen-bond acceptors (Lipinski definition) is 3. The molecule has 0 saturated carbocycles. The van der Waals surface area contributed by atoms with E-state index in [4.69, 9.17) is 4.74 Å². The minimum absolute atomic E-state index is 0.0142. The quantitative estimate of drug-likeness (QED) is 0.815. The monoisotopic (exact) mass is 298 g/mol. The second kappa shape index (κ2) is 8.47. The van der Waals surface area contributed by atoms with Crippen LogP contribution in [0.25, 0.3) is 0 Å². The molecular weight excluding hydrogens is 276 g/mol. The summed E-state index contributed by atoms with van der Waals surface area (Å²) in [5.74, 6) is -0.446. The Morgan fingerprint density at radius 2 is 1.55 bits per heavy atom. The molecule has 0 amide bonds. The summed E-state index contributed by atoms with van der Waals surface area (Å²) in [6, 6.07) is 19.5. The molecule has 0 bridgehead atoms. The highest BCUT2D eigenvalue weighted by Gasteiger charge is 2.24. The van der Waals surface area contributed by atoms with Crippen molar-refractivity contribution in [2.45, 2.75) is 26.1 Å². The smallest absolute Gasteiger partial charge is 0.135 e. The van der Waals surface area contributed by atoms with Gasteiger partial charge in [0.1, 0.15) is 5.78 Å². The van der Waals surface area contributed by atoms with E-state index >= 15 is 0 Å². The van der Waals surface area contributed by atoms with Crippen LogP contribution in [-0.4, -0.2) is 23.6 Å².